The summed E-state index contributed by atoms with van der Waals surface area (Å²) >= 11 is 7.53. The molecule has 3 rings (SSSR count). The number of ether oxygens (including phenoxy) is 1. The Bertz CT molecular complexity index is 936. The smallest absolute Gasteiger partial charge is 0.293 e. The van der Waals surface area contributed by atoms with Gasteiger partial charge in [0.05, 0.1) is 15.6 Å². The average molecular weight is 387 g/mol. The molecule has 6 heteroatoms. The van der Waals surface area contributed by atoms with E-state index in [0.717, 1.165) is 38.0 Å². The monoisotopic (exact) mass is 386 g/mol. The summed E-state index contributed by atoms with van der Waals surface area (Å²) in [5.74, 6) is 0. The lowest BCUT2D eigenvalue weighted by atomic mass is 10.0. The quantitative estimate of drug-likeness (QED) is 0.482. The van der Waals surface area contributed by atoms with Crippen LogP contribution in [-0.4, -0.2) is 11.5 Å². The van der Waals surface area contributed by atoms with Crippen molar-refractivity contribution in [3.05, 3.63) is 68.0 Å². The number of nitrogen functional groups attached to an aromatic ring is 1. The summed E-state index contributed by atoms with van der Waals surface area (Å²) in [5, 5.41) is 1.63. The number of hydrogen-bond acceptors (Lipinski definition) is 5. The Hall–Kier alpha value is -2.37. The van der Waals surface area contributed by atoms with Gasteiger partial charge in [0, 0.05) is 22.7 Å². The predicted molar refractivity (Wildman–Crippen MR) is 107 cm³/mol. The molecule has 0 amide bonds. The van der Waals surface area contributed by atoms with Gasteiger partial charge in [-0.2, -0.15) is 0 Å². The van der Waals surface area contributed by atoms with Gasteiger partial charge in [-0.05, 0) is 48.7 Å². The Kier molecular flexibility index (Phi) is 5.59. The van der Waals surface area contributed by atoms with Gasteiger partial charge in [-0.3, -0.25) is 4.79 Å². The van der Waals surface area contributed by atoms with Crippen molar-refractivity contribution in [2.24, 2.45) is 0 Å². The molecule has 0 saturated carbocycles. The maximum absolute atomic E-state index is 10.6. The molecule has 0 atom stereocenters. The Morgan fingerprint density at radius 3 is 2.62 bits per heavy atom. The van der Waals surface area contributed by atoms with Crippen molar-refractivity contribution >= 4 is 35.1 Å². The second-order valence-corrected chi connectivity index (χ2v) is 7.71. The number of aromatic nitrogens is 1. The van der Waals surface area contributed by atoms with Gasteiger partial charge >= 0.3 is 0 Å². The molecular formula is C20H19ClN2O2S. The summed E-state index contributed by atoms with van der Waals surface area (Å²) in [5.41, 5.74) is 11.9. The number of nitrogens with zero attached hydrogens (tertiary/aromatic N) is 1. The molecule has 0 fully saturated rings. The van der Waals surface area contributed by atoms with Gasteiger partial charge in [0.2, 0.25) is 0 Å². The van der Waals surface area contributed by atoms with Gasteiger partial charge in [-0.25, -0.2) is 4.98 Å². The molecule has 0 spiro atoms. The van der Waals surface area contributed by atoms with E-state index in [1.54, 1.807) is 11.3 Å². The summed E-state index contributed by atoms with van der Waals surface area (Å²) in [6.45, 7) is 4.72. The zero-order valence-corrected chi connectivity index (χ0v) is 16.2. The lowest BCUT2D eigenvalue weighted by Crippen LogP contribution is -1.97. The molecule has 0 unspecified atom stereocenters. The van der Waals surface area contributed by atoms with Crippen molar-refractivity contribution in [2.75, 3.05) is 5.73 Å². The first-order chi connectivity index (χ1) is 12.5. The van der Waals surface area contributed by atoms with E-state index in [0.29, 0.717) is 17.9 Å². The summed E-state index contributed by atoms with van der Waals surface area (Å²) < 4.78 is 4.97. The van der Waals surface area contributed by atoms with Crippen LogP contribution >= 0.6 is 22.9 Å². The van der Waals surface area contributed by atoms with Crippen molar-refractivity contribution in [3.8, 4) is 11.3 Å². The summed E-state index contributed by atoms with van der Waals surface area (Å²) in [4.78, 5) is 16.3. The largest absolute Gasteiger partial charge is 0.462 e. The number of nitrogens with two attached hydrogens (primary N) is 1. The second kappa shape index (κ2) is 7.89. The van der Waals surface area contributed by atoms with Crippen LogP contribution in [0.25, 0.3) is 11.3 Å². The van der Waals surface area contributed by atoms with E-state index in [1.165, 1.54) is 5.56 Å². The normalized spacial score (nSPS) is 10.7. The van der Waals surface area contributed by atoms with Crippen LogP contribution in [0.3, 0.4) is 0 Å². The minimum absolute atomic E-state index is 0.207. The molecule has 2 N–H and O–H groups in total. The number of rotatable bonds is 6. The SMILES string of the molecule is Cc1cc(Cc2nc(-c3ccc(Cl)cc3)c(COC=O)s2)c(C)cc1N. The number of aryl methyl sites for hydroxylation is 2. The summed E-state index contributed by atoms with van der Waals surface area (Å²) in [7, 11) is 0. The van der Waals surface area contributed by atoms with E-state index in [-0.39, 0.29) is 6.61 Å². The van der Waals surface area contributed by atoms with E-state index < -0.39 is 0 Å². The fraction of sp³-hybridized carbons (Fsp3) is 0.200. The van der Waals surface area contributed by atoms with Crippen LogP contribution in [0.2, 0.25) is 5.02 Å². The van der Waals surface area contributed by atoms with Crippen LogP contribution in [-0.2, 0) is 22.6 Å². The number of carbonyl (C=O) groups is 1. The fourth-order valence-corrected chi connectivity index (χ4v) is 3.93. The highest BCUT2D eigenvalue weighted by Crippen LogP contribution is 2.31. The standard InChI is InChI=1S/C20H19ClN2O2S/c1-12-8-17(22)13(2)7-15(12)9-19-23-20(18(26-19)10-25-11-24)14-3-5-16(21)6-4-14/h3-8,11H,9-10,22H2,1-2H3. The average Bonchev–Trinajstić information content (AvgIpc) is 3.01. The Morgan fingerprint density at radius 1 is 1.19 bits per heavy atom. The Labute approximate surface area is 161 Å². The molecule has 3 aromatic rings. The van der Waals surface area contributed by atoms with Crippen molar-refractivity contribution in [1.82, 2.24) is 4.98 Å². The van der Waals surface area contributed by atoms with Crippen LogP contribution < -0.4 is 5.73 Å². The first-order valence-corrected chi connectivity index (χ1v) is 9.32. The molecule has 0 radical (unpaired) electrons. The van der Waals surface area contributed by atoms with Gasteiger partial charge in [0.15, 0.2) is 0 Å². The molecule has 0 aliphatic heterocycles. The van der Waals surface area contributed by atoms with Gasteiger partial charge in [0.25, 0.3) is 6.47 Å². The zero-order chi connectivity index (χ0) is 18.7. The van der Waals surface area contributed by atoms with Crippen LogP contribution in [0.4, 0.5) is 5.69 Å². The molecule has 0 saturated heterocycles. The number of benzene rings is 2. The molecule has 2 aromatic carbocycles. The third kappa shape index (κ3) is 4.06. The molecule has 0 bridgehead atoms. The minimum Gasteiger partial charge on any atom is -0.462 e. The van der Waals surface area contributed by atoms with Crippen LogP contribution in [0.15, 0.2) is 36.4 Å². The molecule has 0 aliphatic carbocycles. The van der Waals surface area contributed by atoms with E-state index in [2.05, 4.69) is 13.0 Å². The van der Waals surface area contributed by atoms with Crippen molar-refractivity contribution in [1.29, 1.82) is 0 Å². The van der Waals surface area contributed by atoms with Crippen molar-refractivity contribution in [2.45, 2.75) is 26.9 Å². The number of halogens is 1. The van der Waals surface area contributed by atoms with Gasteiger partial charge < -0.3 is 10.5 Å². The molecule has 0 aliphatic rings. The number of thiazole rings is 1. The van der Waals surface area contributed by atoms with Crippen LogP contribution in [0, 0.1) is 13.8 Å². The highest BCUT2D eigenvalue weighted by atomic mass is 35.5. The van der Waals surface area contributed by atoms with Crippen molar-refractivity contribution in [3.63, 3.8) is 0 Å². The molecule has 4 nitrogen and oxygen atoms in total. The molecule has 1 heterocycles. The molecule has 26 heavy (non-hydrogen) atoms. The van der Waals surface area contributed by atoms with E-state index in [1.807, 2.05) is 37.3 Å². The second-order valence-electron chi connectivity index (χ2n) is 6.11. The molecule has 1 aromatic heterocycles. The fourth-order valence-electron chi connectivity index (χ4n) is 2.77. The van der Waals surface area contributed by atoms with Gasteiger partial charge in [-0.15, -0.1) is 11.3 Å². The maximum atomic E-state index is 10.6. The predicted octanol–water partition coefficient (Wildman–Crippen LogP) is 4.93. The van der Waals surface area contributed by atoms with Crippen molar-refractivity contribution < 1.29 is 9.53 Å². The third-order valence-electron chi connectivity index (χ3n) is 4.21. The van der Waals surface area contributed by atoms with Gasteiger partial charge in [0.1, 0.15) is 6.61 Å². The van der Waals surface area contributed by atoms with E-state index in [4.69, 9.17) is 27.1 Å². The lowest BCUT2D eigenvalue weighted by Gasteiger charge is -2.08. The first kappa shape index (κ1) is 18.4. The lowest BCUT2D eigenvalue weighted by molar-refractivity contribution is -0.129. The number of anilines is 1. The Balaban J connectivity index is 1.96. The number of carbonyl (C=O) groups excluding carboxylic acids is 1. The first-order valence-electron chi connectivity index (χ1n) is 8.13. The number of hydrogen-bond donors (Lipinski definition) is 1. The van der Waals surface area contributed by atoms with E-state index in [9.17, 15) is 4.79 Å². The zero-order valence-electron chi connectivity index (χ0n) is 14.6. The molecule has 134 valence electrons. The highest BCUT2D eigenvalue weighted by molar-refractivity contribution is 7.12. The topological polar surface area (TPSA) is 65.2 Å². The minimum atomic E-state index is 0.207. The maximum Gasteiger partial charge on any atom is 0.293 e. The highest BCUT2D eigenvalue weighted by Gasteiger charge is 2.15. The van der Waals surface area contributed by atoms with Crippen LogP contribution in [0.5, 0.6) is 0 Å². The van der Waals surface area contributed by atoms with Crippen LogP contribution in [0.1, 0.15) is 26.6 Å². The Morgan fingerprint density at radius 2 is 1.92 bits per heavy atom. The molecular weight excluding hydrogens is 368 g/mol. The van der Waals surface area contributed by atoms with Gasteiger partial charge in [-0.1, -0.05) is 29.8 Å². The third-order valence-corrected chi connectivity index (χ3v) is 5.49. The summed E-state index contributed by atoms with van der Waals surface area (Å²) in [6.07, 6.45) is 0.708. The van der Waals surface area contributed by atoms with E-state index >= 15 is 0 Å². The summed E-state index contributed by atoms with van der Waals surface area (Å²) in [6, 6.07) is 11.6.